The van der Waals surface area contributed by atoms with Crippen LogP contribution < -0.4 is 0 Å². The van der Waals surface area contributed by atoms with Crippen molar-refractivity contribution < 1.29 is 9.59 Å². The molecule has 4 heteroatoms. The van der Waals surface area contributed by atoms with Gasteiger partial charge in [0.1, 0.15) is 0 Å². The number of likely N-dealkylation sites (tertiary alicyclic amines) is 1. The lowest BCUT2D eigenvalue weighted by Gasteiger charge is -2.18. The molecule has 1 heterocycles. The van der Waals surface area contributed by atoms with Crippen LogP contribution in [0.1, 0.15) is 26.2 Å². The van der Waals surface area contributed by atoms with E-state index in [1.54, 1.807) is 0 Å². The SMILES string of the molecule is CC(CCCl)CCN1C(=O)C2CC2C1=O. The number of imide groups is 1. The fourth-order valence-electron chi connectivity index (χ4n) is 2.15. The molecule has 84 valence electrons. The molecule has 2 fully saturated rings. The van der Waals surface area contributed by atoms with Gasteiger partial charge in [-0.2, -0.15) is 0 Å². The van der Waals surface area contributed by atoms with Crippen LogP contribution in [0.5, 0.6) is 0 Å². The number of carbonyl (C=O) groups excluding carboxylic acids is 2. The molecule has 0 spiro atoms. The highest BCUT2D eigenvalue weighted by molar-refractivity contribution is 6.17. The van der Waals surface area contributed by atoms with Gasteiger partial charge in [-0.3, -0.25) is 14.5 Å². The van der Waals surface area contributed by atoms with Crippen molar-refractivity contribution in [2.24, 2.45) is 17.8 Å². The first-order valence-corrected chi connectivity index (χ1v) is 6.09. The van der Waals surface area contributed by atoms with Crippen LogP contribution in [0.3, 0.4) is 0 Å². The molecule has 0 bridgehead atoms. The van der Waals surface area contributed by atoms with Crippen molar-refractivity contribution in [3.63, 3.8) is 0 Å². The summed E-state index contributed by atoms with van der Waals surface area (Å²) in [6.45, 7) is 2.69. The third kappa shape index (κ3) is 2.03. The molecule has 0 aromatic carbocycles. The molecule has 2 amide bonds. The molecule has 1 saturated heterocycles. The van der Waals surface area contributed by atoms with Crippen molar-refractivity contribution in [3.05, 3.63) is 0 Å². The van der Waals surface area contributed by atoms with Crippen molar-refractivity contribution in [1.29, 1.82) is 0 Å². The summed E-state index contributed by atoms with van der Waals surface area (Å²) >= 11 is 5.63. The van der Waals surface area contributed by atoms with Gasteiger partial charge in [-0.05, 0) is 25.2 Å². The van der Waals surface area contributed by atoms with E-state index in [-0.39, 0.29) is 23.7 Å². The first kappa shape index (κ1) is 10.9. The Morgan fingerprint density at radius 1 is 1.33 bits per heavy atom. The molecule has 15 heavy (non-hydrogen) atoms. The van der Waals surface area contributed by atoms with Crippen LogP contribution in [0.4, 0.5) is 0 Å². The van der Waals surface area contributed by atoms with Crippen LogP contribution in [0, 0.1) is 17.8 Å². The molecule has 0 aromatic heterocycles. The third-order valence-electron chi connectivity index (χ3n) is 3.40. The first-order valence-electron chi connectivity index (χ1n) is 5.56. The highest BCUT2D eigenvalue weighted by atomic mass is 35.5. The van der Waals surface area contributed by atoms with Gasteiger partial charge in [-0.25, -0.2) is 0 Å². The minimum absolute atomic E-state index is 0.0424. The predicted octanol–water partition coefficient (Wildman–Crippen LogP) is 1.65. The van der Waals surface area contributed by atoms with Gasteiger partial charge in [0.2, 0.25) is 11.8 Å². The van der Waals surface area contributed by atoms with Crippen LogP contribution >= 0.6 is 11.6 Å². The average molecular weight is 230 g/mol. The lowest BCUT2D eigenvalue weighted by atomic mass is 10.1. The van der Waals surface area contributed by atoms with Gasteiger partial charge in [-0.15, -0.1) is 11.6 Å². The Kier molecular flexibility index (Phi) is 3.01. The summed E-state index contributed by atoms with van der Waals surface area (Å²) in [5.74, 6) is 1.33. The Hall–Kier alpha value is -0.570. The van der Waals surface area contributed by atoms with Gasteiger partial charge >= 0.3 is 0 Å². The molecular formula is C11H16ClNO2. The van der Waals surface area contributed by atoms with E-state index >= 15 is 0 Å². The molecule has 1 aliphatic carbocycles. The Morgan fingerprint density at radius 2 is 1.93 bits per heavy atom. The molecule has 2 rings (SSSR count). The number of hydrogen-bond acceptors (Lipinski definition) is 2. The molecule has 3 unspecified atom stereocenters. The van der Waals surface area contributed by atoms with Gasteiger partial charge < -0.3 is 0 Å². The van der Waals surface area contributed by atoms with E-state index in [2.05, 4.69) is 6.92 Å². The van der Waals surface area contributed by atoms with E-state index in [4.69, 9.17) is 11.6 Å². The molecule has 2 aliphatic rings. The number of alkyl halides is 1. The van der Waals surface area contributed by atoms with Gasteiger partial charge in [0.05, 0.1) is 11.8 Å². The minimum atomic E-state index is 0.0424. The van der Waals surface area contributed by atoms with Crippen molar-refractivity contribution in [2.45, 2.75) is 26.2 Å². The van der Waals surface area contributed by atoms with Gasteiger partial charge in [0.25, 0.3) is 0 Å². The summed E-state index contributed by atoms with van der Waals surface area (Å²) < 4.78 is 0. The van der Waals surface area contributed by atoms with Gasteiger partial charge in [0, 0.05) is 12.4 Å². The normalized spacial score (nSPS) is 30.7. The number of fused-ring (bicyclic) bond motifs is 1. The molecule has 1 aliphatic heterocycles. The molecule has 0 aromatic rings. The molecular weight excluding hydrogens is 214 g/mol. The smallest absolute Gasteiger partial charge is 0.233 e. The van der Waals surface area contributed by atoms with Crippen LogP contribution in [-0.4, -0.2) is 29.1 Å². The second-order valence-corrected chi connectivity index (χ2v) is 5.03. The zero-order chi connectivity index (χ0) is 11.0. The summed E-state index contributed by atoms with van der Waals surface area (Å²) in [7, 11) is 0. The van der Waals surface area contributed by atoms with E-state index in [9.17, 15) is 9.59 Å². The maximum Gasteiger partial charge on any atom is 0.233 e. The fraction of sp³-hybridized carbons (Fsp3) is 0.818. The van der Waals surface area contributed by atoms with Crippen LogP contribution in [-0.2, 0) is 9.59 Å². The number of hydrogen-bond donors (Lipinski definition) is 0. The zero-order valence-electron chi connectivity index (χ0n) is 8.91. The van der Waals surface area contributed by atoms with Crippen LogP contribution in [0.25, 0.3) is 0 Å². The van der Waals surface area contributed by atoms with Crippen molar-refractivity contribution in [2.75, 3.05) is 12.4 Å². The second kappa shape index (κ2) is 4.12. The largest absolute Gasteiger partial charge is 0.282 e. The fourth-order valence-corrected chi connectivity index (χ4v) is 2.52. The summed E-state index contributed by atoms with van der Waals surface area (Å²) in [5, 5.41) is 0. The summed E-state index contributed by atoms with van der Waals surface area (Å²) in [5.41, 5.74) is 0. The number of piperidine rings is 1. The number of nitrogens with zero attached hydrogens (tertiary/aromatic N) is 1. The zero-order valence-corrected chi connectivity index (χ0v) is 9.67. The Bertz CT molecular complexity index is 272. The first-order chi connectivity index (χ1) is 7.15. The van der Waals surface area contributed by atoms with E-state index in [1.807, 2.05) is 0 Å². The number of carbonyl (C=O) groups is 2. The Labute approximate surface area is 94.8 Å². The monoisotopic (exact) mass is 229 g/mol. The molecule has 1 saturated carbocycles. The molecule has 3 nitrogen and oxygen atoms in total. The van der Waals surface area contributed by atoms with Crippen LogP contribution in [0.15, 0.2) is 0 Å². The minimum Gasteiger partial charge on any atom is -0.282 e. The highest BCUT2D eigenvalue weighted by Crippen LogP contribution is 2.46. The summed E-state index contributed by atoms with van der Waals surface area (Å²) in [4.78, 5) is 24.7. The van der Waals surface area contributed by atoms with Gasteiger partial charge in [-0.1, -0.05) is 6.92 Å². The average Bonchev–Trinajstić information content (AvgIpc) is 2.92. The maximum atomic E-state index is 11.6. The van der Waals surface area contributed by atoms with E-state index in [0.29, 0.717) is 18.3 Å². The standard InChI is InChI=1S/C11H16ClNO2/c1-7(2-4-12)3-5-13-10(14)8-6-9(8)11(13)15/h7-9H,2-6H2,1H3. The summed E-state index contributed by atoms with van der Waals surface area (Å²) in [6, 6.07) is 0. The molecule has 0 radical (unpaired) electrons. The lowest BCUT2D eigenvalue weighted by Crippen LogP contribution is -2.34. The van der Waals surface area contributed by atoms with E-state index < -0.39 is 0 Å². The predicted molar refractivity (Wildman–Crippen MR) is 57.4 cm³/mol. The lowest BCUT2D eigenvalue weighted by molar-refractivity contribution is -0.141. The summed E-state index contributed by atoms with van der Waals surface area (Å²) in [6.07, 6.45) is 2.62. The number of amides is 2. The number of rotatable bonds is 5. The molecule has 3 atom stereocenters. The number of halogens is 1. The molecule has 0 N–H and O–H groups in total. The second-order valence-electron chi connectivity index (χ2n) is 4.65. The Morgan fingerprint density at radius 3 is 2.47 bits per heavy atom. The van der Waals surface area contributed by atoms with Crippen molar-refractivity contribution in [1.82, 2.24) is 4.90 Å². The quantitative estimate of drug-likeness (QED) is 0.531. The van der Waals surface area contributed by atoms with Crippen molar-refractivity contribution >= 4 is 23.4 Å². The topological polar surface area (TPSA) is 37.4 Å². The van der Waals surface area contributed by atoms with Gasteiger partial charge in [0.15, 0.2) is 0 Å². The van der Waals surface area contributed by atoms with Crippen LogP contribution in [0.2, 0.25) is 0 Å². The van der Waals surface area contributed by atoms with Crippen molar-refractivity contribution in [3.8, 4) is 0 Å². The maximum absolute atomic E-state index is 11.6. The highest BCUT2D eigenvalue weighted by Gasteiger charge is 2.58. The van der Waals surface area contributed by atoms with E-state index in [0.717, 1.165) is 19.3 Å². The Balaban J connectivity index is 1.80. The van der Waals surface area contributed by atoms with E-state index in [1.165, 1.54) is 4.90 Å². The third-order valence-corrected chi connectivity index (χ3v) is 3.62.